The molecule has 1 N–H and O–H groups in total. The fourth-order valence-corrected chi connectivity index (χ4v) is 5.43. The maximum Gasteiger partial charge on any atom is 0.234 e. The first-order chi connectivity index (χ1) is 16.6. The van der Waals surface area contributed by atoms with Gasteiger partial charge in [0.15, 0.2) is 0 Å². The highest BCUT2D eigenvalue weighted by Gasteiger charge is 2.38. The number of carbonyl (C=O) groups is 2. The standard InChI is InChI=1S/C26H37FN4O3.ClH/c27-20-6-9-24(34-22-4-1-2-5-22)23(17-20)30-14-12-29(13-15-30)10-3-11-31-25(32)16-19(26(31)33)18-28-21-7-8-21;/h6,9,17,19,21-22,28H,1-5,7-8,10-16,18H2;1H. The van der Waals surface area contributed by atoms with Gasteiger partial charge in [0.2, 0.25) is 11.8 Å². The number of likely N-dealkylation sites (tertiary alicyclic amines) is 1. The van der Waals surface area contributed by atoms with Gasteiger partial charge in [-0.3, -0.25) is 19.4 Å². The fraction of sp³-hybridized carbons (Fsp3) is 0.692. The molecule has 194 valence electrons. The molecule has 9 heteroatoms. The topological polar surface area (TPSA) is 65.1 Å². The third-order valence-electron chi connectivity index (χ3n) is 7.65. The van der Waals surface area contributed by atoms with Gasteiger partial charge in [-0.25, -0.2) is 4.39 Å². The van der Waals surface area contributed by atoms with Gasteiger partial charge in [0.25, 0.3) is 0 Å². The van der Waals surface area contributed by atoms with E-state index in [4.69, 9.17) is 4.74 Å². The zero-order valence-electron chi connectivity index (χ0n) is 20.4. The van der Waals surface area contributed by atoms with Gasteiger partial charge in [-0.1, -0.05) is 0 Å². The van der Waals surface area contributed by atoms with Crippen LogP contribution in [0.15, 0.2) is 18.2 Å². The van der Waals surface area contributed by atoms with Crippen LogP contribution in [0.25, 0.3) is 0 Å². The number of nitrogens with one attached hydrogen (secondary N) is 1. The zero-order chi connectivity index (χ0) is 23.5. The van der Waals surface area contributed by atoms with E-state index in [1.165, 1.54) is 36.6 Å². The van der Waals surface area contributed by atoms with E-state index in [9.17, 15) is 14.0 Å². The maximum atomic E-state index is 14.0. The second kappa shape index (κ2) is 11.9. The molecule has 2 aliphatic heterocycles. The Morgan fingerprint density at radius 3 is 2.46 bits per heavy atom. The first-order valence-corrected chi connectivity index (χ1v) is 13.1. The summed E-state index contributed by atoms with van der Waals surface area (Å²) in [5.41, 5.74) is 0.852. The molecular weight excluding hydrogens is 471 g/mol. The zero-order valence-corrected chi connectivity index (χ0v) is 21.2. The van der Waals surface area contributed by atoms with Gasteiger partial charge in [-0.05, 0) is 63.6 Å². The minimum absolute atomic E-state index is 0. The van der Waals surface area contributed by atoms with Crippen LogP contribution < -0.4 is 15.0 Å². The summed E-state index contributed by atoms with van der Waals surface area (Å²) in [6.07, 6.45) is 8.28. The number of carbonyl (C=O) groups excluding carboxylic acids is 2. The van der Waals surface area contributed by atoms with Gasteiger partial charge in [0.05, 0.1) is 17.7 Å². The number of hydrogen-bond donors (Lipinski definition) is 1. The summed E-state index contributed by atoms with van der Waals surface area (Å²) < 4.78 is 20.3. The van der Waals surface area contributed by atoms with Crippen molar-refractivity contribution in [2.75, 3.05) is 50.7 Å². The van der Waals surface area contributed by atoms with Crippen molar-refractivity contribution in [1.82, 2.24) is 15.1 Å². The largest absolute Gasteiger partial charge is 0.488 e. The predicted octanol–water partition coefficient (Wildman–Crippen LogP) is 3.21. The molecule has 35 heavy (non-hydrogen) atoms. The molecule has 2 saturated heterocycles. The van der Waals surface area contributed by atoms with Crippen molar-refractivity contribution in [2.45, 2.75) is 63.5 Å². The minimum atomic E-state index is -0.234. The van der Waals surface area contributed by atoms with Crippen molar-refractivity contribution in [1.29, 1.82) is 0 Å². The number of imide groups is 1. The molecule has 0 radical (unpaired) electrons. The van der Waals surface area contributed by atoms with Crippen molar-refractivity contribution >= 4 is 29.9 Å². The number of nitrogens with zero attached hydrogens (tertiary/aromatic N) is 3. The lowest BCUT2D eigenvalue weighted by Gasteiger charge is -2.37. The Hall–Kier alpha value is -1.90. The second-order valence-corrected chi connectivity index (χ2v) is 10.3. The number of anilines is 1. The van der Waals surface area contributed by atoms with Crippen molar-refractivity contribution < 1.29 is 18.7 Å². The molecule has 2 saturated carbocycles. The molecular formula is C26H38ClFN4O3. The maximum absolute atomic E-state index is 14.0. The molecule has 4 aliphatic rings. The summed E-state index contributed by atoms with van der Waals surface area (Å²) in [6.45, 7) is 5.33. The van der Waals surface area contributed by atoms with Crippen molar-refractivity contribution in [3.63, 3.8) is 0 Å². The van der Waals surface area contributed by atoms with Crippen LogP contribution >= 0.6 is 12.4 Å². The van der Waals surface area contributed by atoms with E-state index >= 15 is 0 Å². The summed E-state index contributed by atoms with van der Waals surface area (Å²) >= 11 is 0. The van der Waals surface area contributed by atoms with Gasteiger partial charge in [-0.15, -0.1) is 12.4 Å². The van der Waals surface area contributed by atoms with Gasteiger partial charge in [0.1, 0.15) is 11.6 Å². The minimum Gasteiger partial charge on any atom is -0.488 e. The predicted molar refractivity (Wildman–Crippen MR) is 136 cm³/mol. The lowest BCUT2D eigenvalue weighted by molar-refractivity contribution is -0.139. The molecule has 1 unspecified atom stereocenters. The number of benzene rings is 1. The molecule has 7 nitrogen and oxygen atoms in total. The Kier molecular flexibility index (Phi) is 8.89. The summed E-state index contributed by atoms with van der Waals surface area (Å²) in [5.74, 6) is 0.325. The van der Waals surface area contributed by atoms with Crippen molar-refractivity contribution in [3.05, 3.63) is 24.0 Å². The lowest BCUT2D eigenvalue weighted by Crippen LogP contribution is -2.47. The Morgan fingerprint density at radius 2 is 1.74 bits per heavy atom. The van der Waals surface area contributed by atoms with Gasteiger partial charge in [-0.2, -0.15) is 0 Å². The van der Waals surface area contributed by atoms with Crippen LogP contribution in [0.1, 0.15) is 51.4 Å². The van der Waals surface area contributed by atoms with Gasteiger partial charge in [0, 0.05) is 57.8 Å². The number of piperazine rings is 1. The van der Waals surface area contributed by atoms with Crippen LogP contribution in [0.4, 0.5) is 10.1 Å². The molecule has 0 bridgehead atoms. The molecule has 5 rings (SSSR count). The Labute approximate surface area is 213 Å². The lowest BCUT2D eigenvalue weighted by atomic mass is 10.1. The molecule has 2 aliphatic carbocycles. The summed E-state index contributed by atoms with van der Waals surface area (Å²) in [7, 11) is 0. The molecule has 0 spiro atoms. The Bertz CT molecular complexity index is 885. The number of ether oxygens (including phenoxy) is 1. The van der Waals surface area contributed by atoms with Crippen molar-refractivity contribution in [3.8, 4) is 5.75 Å². The van der Waals surface area contributed by atoms with E-state index in [2.05, 4.69) is 15.1 Å². The highest BCUT2D eigenvalue weighted by molar-refractivity contribution is 6.03. The molecule has 0 aromatic heterocycles. The monoisotopic (exact) mass is 508 g/mol. The Balaban J connectivity index is 0.00000289. The average Bonchev–Trinajstić information content (AvgIpc) is 3.45. The summed E-state index contributed by atoms with van der Waals surface area (Å²) in [4.78, 5) is 31.0. The highest BCUT2D eigenvalue weighted by atomic mass is 35.5. The SMILES string of the molecule is Cl.O=C1CC(CNC2CC2)C(=O)N1CCCN1CCN(c2cc(F)ccc2OC2CCCC2)CC1. The van der Waals surface area contributed by atoms with E-state index in [0.29, 0.717) is 25.6 Å². The Morgan fingerprint density at radius 1 is 1.00 bits per heavy atom. The number of rotatable bonds is 10. The third-order valence-corrected chi connectivity index (χ3v) is 7.65. The summed E-state index contributed by atoms with van der Waals surface area (Å²) in [5, 5.41) is 3.38. The molecule has 2 amide bonds. The first kappa shape index (κ1) is 26.2. The van der Waals surface area contributed by atoms with E-state index in [-0.39, 0.29) is 42.1 Å². The number of amides is 2. The molecule has 1 aromatic rings. The molecule has 4 fully saturated rings. The quantitative estimate of drug-likeness (QED) is 0.490. The average molecular weight is 509 g/mol. The van der Waals surface area contributed by atoms with Gasteiger partial charge >= 0.3 is 0 Å². The van der Waals surface area contributed by atoms with Crippen LogP contribution in [0, 0.1) is 11.7 Å². The smallest absolute Gasteiger partial charge is 0.234 e. The van der Waals surface area contributed by atoms with Crippen LogP contribution in [0.3, 0.4) is 0 Å². The van der Waals surface area contributed by atoms with E-state index in [1.54, 1.807) is 12.1 Å². The first-order valence-electron chi connectivity index (χ1n) is 13.1. The number of halogens is 2. The molecule has 1 atom stereocenters. The van der Waals surface area contributed by atoms with Crippen LogP contribution in [-0.4, -0.2) is 79.6 Å². The van der Waals surface area contributed by atoms with Crippen molar-refractivity contribution in [2.24, 2.45) is 5.92 Å². The normalized spacial score (nSPS) is 23.7. The van der Waals surface area contributed by atoms with Crippen LogP contribution in [-0.2, 0) is 9.59 Å². The highest BCUT2D eigenvalue weighted by Crippen LogP contribution is 2.33. The molecule has 2 heterocycles. The van der Waals surface area contributed by atoms with Crippen LogP contribution in [0.2, 0.25) is 0 Å². The number of hydrogen-bond acceptors (Lipinski definition) is 6. The fourth-order valence-electron chi connectivity index (χ4n) is 5.43. The van der Waals surface area contributed by atoms with E-state index in [0.717, 1.165) is 63.4 Å². The van der Waals surface area contributed by atoms with Gasteiger partial charge < -0.3 is 15.0 Å². The second-order valence-electron chi connectivity index (χ2n) is 10.3. The van der Waals surface area contributed by atoms with E-state index < -0.39 is 0 Å². The van der Waals surface area contributed by atoms with E-state index in [1.807, 2.05) is 0 Å². The van der Waals surface area contributed by atoms with Crippen LogP contribution in [0.5, 0.6) is 5.75 Å². The summed E-state index contributed by atoms with van der Waals surface area (Å²) in [6, 6.07) is 5.40. The third kappa shape index (κ3) is 6.66. The molecule has 1 aromatic carbocycles.